The molecule has 0 heterocycles. The largest absolute Gasteiger partial charge is 0.356 e. The van der Waals surface area contributed by atoms with E-state index in [1.54, 1.807) is 0 Å². The van der Waals surface area contributed by atoms with Gasteiger partial charge in [-0.2, -0.15) is 0 Å². The number of amides is 1. The molecule has 0 saturated heterocycles. The van der Waals surface area contributed by atoms with Crippen LogP contribution in [0.2, 0.25) is 0 Å². The second-order valence-electron chi connectivity index (χ2n) is 4.45. The summed E-state index contributed by atoms with van der Waals surface area (Å²) >= 11 is 3.50. The Morgan fingerprint density at radius 2 is 2.19 bits per heavy atom. The van der Waals surface area contributed by atoms with Crippen LogP contribution in [0.5, 0.6) is 0 Å². The number of hydrogen-bond acceptors (Lipinski definition) is 1. The fraction of sp³-hybridized carbons (Fsp3) is 0.462. The van der Waals surface area contributed by atoms with Crippen molar-refractivity contribution in [1.82, 2.24) is 5.32 Å². The van der Waals surface area contributed by atoms with Gasteiger partial charge in [0.1, 0.15) is 0 Å². The summed E-state index contributed by atoms with van der Waals surface area (Å²) in [6, 6.07) is 8.12. The van der Waals surface area contributed by atoms with Gasteiger partial charge in [-0.3, -0.25) is 4.79 Å². The first-order valence-corrected chi connectivity index (χ1v) is 6.49. The Kier molecular flexibility index (Phi) is 3.64. The van der Waals surface area contributed by atoms with Gasteiger partial charge in [0.05, 0.1) is 0 Å². The van der Waals surface area contributed by atoms with E-state index in [4.69, 9.17) is 0 Å². The lowest BCUT2D eigenvalue weighted by molar-refractivity contribution is -0.122. The third-order valence-electron chi connectivity index (χ3n) is 3.10. The van der Waals surface area contributed by atoms with Gasteiger partial charge >= 0.3 is 0 Å². The molecule has 1 fully saturated rings. The van der Waals surface area contributed by atoms with Gasteiger partial charge in [0.25, 0.3) is 0 Å². The van der Waals surface area contributed by atoms with Crippen LogP contribution in [-0.4, -0.2) is 12.5 Å². The Balaban J connectivity index is 1.76. The first kappa shape index (κ1) is 11.6. The molecule has 0 radical (unpaired) electrons. The molecule has 86 valence electrons. The second-order valence-corrected chi connectivity index (χ2v) is 5.31. The van der Waals surface area contributed by atoms with E-state index in [2.05, 4.69) is 34.2 Å². The lowest BCUT2D eigenvalue weighted by atomic mass is 10.1. The summed E-state index contributed by atoms with van der Waals surface area (Å²) in [4.78, 5) is 11.6. The van der Waals surface area contributed by atoms with E-state index in [0.29, 0.717) is 5.92 Å². The van der Waals surface area contributed by atoms with Crippen molar-refractivity contribution in [2.24, 2.45) is 11.8 Å². The molecule has 3 heteroatoms. The fourth-order valence-electron chi connectivity index (χ4n) is 1.84. The molecule has 2 atom stereocenters. The quantitative estimate of drug-likeness (QED) is 0.904. The maximum atomic E-state index is 11.6. The molecule has 2 rings (SSSR count). The van der Waals surface area contributed by atoms with Gasteiger partial charge in [0.2, 0.25) is 5.91 Å². The second kappa shape index (κ2) is 5.00. The summed E-state index contributed by atoms with van der Waals surface area (Å²) in [6.07, 6.45) is 1.94. The minimum absolute atomic E-state index is 0.222. The van der Waals surface area contributed by atoms with Gasteiger partial charge in [-0.15, -0.1) is 0 Å². The molecule has 1 aliphatic carbocycles. The van der Waals surface area contributed by atoms with Crippen LogP contribution in [0.25, 0.3) is 0 Å². The highest BCUT2D eigenvalue weighted by Gasteiger charge is 2.38. The third kappa shape index (κ3) is 2.85. The van der Waals surface area contributed by atoms with Gasteiger partial charge in [0, 0.05) is 16.9 Å². The van der Waals surface area contributed by atoms with E-state index in [1.807, 2.05) is 18.2 Å². The van der Waals surface area contributed by atoms with Crippen LogP contribution in [0.1, 0.15) is 18.9 Å². The van der Waals surface area contributed by atoms with Crippen molar-refractivity contribution < 1.29 is 4.79 Å². The van der Waals surface area contributed by atoms with Crippen molar-refractivity contribution in [3.05, 3.63) is 34.3 Å². The summed E-state index contributed by atoms with van der Waals surface area (Å²) in [5, 5.41) is 2.99. The van der Waals surface area contributed by atoms with Gasteiger partial charge in [0.15, 0.2) is 0 Å². The molecular weight excluding hydrogens is 266 g/mol. The number of hydrogen-bond donors (Lipinski definition) is 1. The molecule has 0 aromatic heterocycles. The number of carbonyl (C=O) groups is 1. The minimum Gasteiger partial charge on any atom is -0.356 e. The zero-order valence-electron chi connectivity index (χ0n) is 9.37. The molecule has 0 unspecified atom stereocenters. The smallest absolute Gasteiger partial charge is 0.223 e. The van der Waals surface area contributed by atoms with Crippen LogP contribution in [-0.2, 0) is 11.2 Å². The monoisotopic (exact) mass is 281 g/mol. The van der Waals surface area contributed by atoms with Crippen molar-refractivity contribution in [3.8, 4) is 0 Å². The highest BCUT2D eigenvalue weighted by atomic mass is 79.9. The van der Waals surface area contributed by atoms with Crippen LogP contribution < -0.4 is 5.32 Å². The Labute approximate surface area is 105 Å². The summed E-state index contributed by atoms with van der Waals surface area (Å²) in [7, 11) is 0. The highest BCUT2D eigenvalue weighted by Crippen LogP contribution is 2.37. The Morgan fingerprint density at radius 1 is 1.50 bits per heavy atom. The van der Waals surface area contributed by atoms with Crippen LogP contribution >= 0.6 is 15.9 Å². The molecule has 1 saturated carbocycles. The van der Waals surface area contributed by atoms with E-state index in [0.717, 1.165) is 23.9 Å². The maximum absolute atomic E-state index is 11.6. The number of halogens is 1. The molecular formula is C13H16BrNO. The van der Waals surface area contributed by atoms with Crippen molar-refractivity contribution in [3.63, 3.8) is 0 Å². The Hall–Kier alpha value is -0.830. The van der Waals surface area contributed by atoms with Crippen LogP contribution in [0.3, 0.4) is 0 Å². The van der Waals surface area contributed by atoms with E-state index in [-0.39, 0.29) is 11.8 Å². The topological polar surface area (TPSA) is 29.1 Å². The van der Waals surface area contributed by atoms with Crippen molar-refractivity contribution in [2.45, 2.75) is 19.8 Å². The molecule has 1 N–H and O–H groups in total. The lowest BCUT2D eigenvalue weighted by Crippen LogP contribution is -2.27. The Bertz CT molecular complexity index is 391. The molecule has 0 bridgehead atoms. The third-order valence-corrected chi connectivity index (χ3v) is 3.87. The number of benzene rings is 1. The van der Waals surface area contributed by atoms with Gasteiger partial charge in [-0.05, 0) is 30.4 Å². The van der Waals surface area contributed by atoms with Crippen molar-refractivity contribution >= 4 is 21.8 Å². The normalized spacial score (nSPS) is 22.9. The molecule has 0 spiro atoms. The summed E-state index contributed by atoms with van der Waals surface area (Å²) in [6.45, 7) is 2.85. The van der Waals surface area contributed by atoms with Crippen molar-refractivity contribution in [2.75, 3.05) is 6.54 Å². The first-order valence-electron chi connectivity index (χ1n) is 5.69. The summed E-state index contributed by atoms with van der Waals surface area (Å²) in [5.41, 5.74) is 1.24. The first-order chi connectivity index (χ1) is 7.68. The van der Waals surface area contributed by atoms with E-state index >= 15 is 0 Å². The van der Waals surface area contributed by atoms with E-state index < -0.39 is 0 Å². The van der Waals surface area contributed by atoms with Gasteiger partial charge in [-0.1, -0.05) is 41.1 Å². The average Bonchev–Trinajstić information content (AvgIpc) is 2.98. The zero-order valence-corrected chi connectivity index (χ0v) is 11.0. The predicted octanol–water partition coefficient (Wildman–Crippen LogP) is 2.76. The number of carbonyl (C=O) groups excluding carboxylic acids is 1. The number of nitrogens with one attached hydrogen (secondary N) is 1. The minimum atomic E-state index is 0.222. The molecule has 0 aliphatic heterocycles. The van der Waals surface area contributed by atoms with Crippen molar-refractivity contribution in [1.29, 1.82) is 0 Å². The van der Waals surface area contributed by atoms with E-state index in [1.165, 1.54) is 5.56 Å². The van der Waals surface area contributed by atoms with Crippen LogP contribution in [0.4, 0.5) is 0 Å². The molecule has 16 heavy (non-hydrogen) atoms. The molecule has 1 amide bonds. The van der Waals surface area contributed by atoms with Gasteiger partial charge in [-0.25, -0.2) is 0 Å². The summed E-state index contributed by atoms with van der Waals surface area (Å²) < 4.78 is 1.11. The zero-order chi connectivity index (χ0) is 11.5. The number of rotatable bonds is 4. The van der Waals surface area contributed by atoms with Gasteiger partial charge < -0.3 is 5.32 Å². The molecule has 1 aromatic rings. The SMILES string of the molecule is C[C@H]1C[C@H]1C(=O)NCCc1ccccc1Br. The highest BCUT2D eigenvalue weighted by molar-refractivity contribution is 9.10. The lowest BCUT2D eigenvalue weighted by Gasteiger charge is -2.06. The Morgan fingerprint density at radius 3 is 2.81 bits per heavy atom. The van der Waals surface area contributed by atoms with Crippen LogP contribution in [0.15, 0.2) is 28.7 Å². The molecule has 1 aliphatic rings. The maximum Gasteiger partial charge on any atom is 0.223 e. The summed E-state index contributed by atoms with van der Waals surface area (Å²) in [5.74, 6) is 1.09. The average molecular weight is 282 g/mol. The predicted molar refractivity (Wildman–Crippen MR) is 68.1 cm³/mol. The molecule has 2 nitrogen and oxygen atoms in total. The fourth-order valence-corrected chi connectivity index (χ4v) is 2.32. The van der Waals surface area contributed by atoms with Crippen LogP contribution in [0, 0.1) is 11.8 Å². The standard InChI is InChI=1S/C13H16BrNO/c1-9-8-11(9)13(16)15-7-6-10-4-2-3-5-12(10)14/h2-5,9,11H,6-8H2,1H3,(H,15,16)/t9-,11+/m0/s1. The molecule has 1 aromatic carbocycles. The van der Waals surface area contributed by atoms with E-state index in [9.17, 15) is 4.79 Å².